The largest absolute Gasteiger partial charge is 0.454 e. The van der Waals surface area contributed by atoms with E-state index in [-0.39, 0.29) is 12.4 Å². The van der Waals surface area contributed by atoms with Crippen LogP contribution in [0.25, 0.3) is 0 Å². The van der Waals surface area contributed by atoms with Crippen molar-refractivity contribution in [2.75, 3.05) is 11.9 Å². The molecule has 0 saturated heterocycles. The van der Waals surface area contributed by atoms with Gasteiger partial charge in [-0.2, -0.15) is 0 Å². The van der Waals surface area contributed by atoms with Gasteiger partial charge in [0.05, 0.1) is 5.56 Å². The number of ketones is 1. The molecule has 4 heteroatoms. The number of para-hydroxylation sites is 1. The summed E-state index contributed by atoms with van der Waals surface area (Å²) >= 11 is 0. The Kier molecular flexibility index (Phi) is 5.10. The minimum Gasteiger partial charge on any atom is -0.454 e. The molecule has 0 amide bonds. The van der Waals surface area contributed by atoms with Crippen LogP contribution in [-0.2, 0) is 16.1 Å². The Hall–Kier alpha value is -2.62. The highest BCUT2D eigenvalue weighted by atomic mass is 16.5. The summed E-state index contributed by atoms with van der Waals surface area (Å²) in [6.07, 6.45) is 0. The Morgan fingerprint density at radius 2 is 1.67 bits per heavy atom. The Labute approximate surface area is 123 Å². The molecule has 0 atom stereocenters. The van der Waals surface area contributed by atoms with Gasteiger partial charge in [-0.1, -0.05) is 42.5 Å². The highest BCUT2D eigenvalue weighted by molar-refractivity contribution is 5.96. The van der Waals surface area contributed by atoms with Gasteiger partial charge in [0.2, 0.25) is 0 Å². The highest BCUT2D eigenvalue weighted by Gasteiger charge is 2.12. The van der Waals surface area contributed by atoms with E-state index in [9.17, 15) is 9.59 Å². The first-order valence-corrected chi connectivity index (χ1v) is 6.70. The number of nitrogens with one attached hydrogen (secondary N) is 1. The summed E-state index contributed by atoms with van der Waals surface area (Å²) in [4.78, 5) is 22.8. The Bertz CT molecular complexity index is 623. The third-order valence-electron chi connectivity index (χ3n) is 2.88. The summed E-state index contributed by atoms with van der Waals surface area (Å²) in [7, 11) is 0. The summed E-state index contributed by atoms with van der Waals surface area (Å²) < 4.78 is 4.95. The van der Waals surface area contributed by atoms with E-state index in [0.717, 1.165) is 5.56 Å². The second-order valence-electron chi connectivity index (χ2n) is 4.66. The van der Waals surface area contributed by atoms with E-state index in [2.05, 4.69) is 5.32 Å². The first-order chi connectivity index (χ1) is 10.2. The highest BCUT2D eigenvalue weighted by Crippen LogP contribution is 2.17. The molecule has 0 unspecified atom stereocenters. The Morgan fingerprint density at radius 3 is 2.38 bits per heavy atom. The summed E-state index contributed by atoms with van der Waals surface area (Å²) in [6.45, 7) is 1.79. The van der Waals surface area contributed by atoms with Crippen LogP contribution in [0.4, 0.5) is 5.69 Å². The van der Waals surface area contributed by atoms with Crippen molar-refractivity contribution in [3.63, 3.8) is 0 Å². The molecule has 21 heavy (non-hydrogen) atoms. The van der Waals surface area contributed by atoms with E-state index in [1.54, 1.807) is 12.1 Å². The van der Waals surface area contributed by atoms with Gasteiger partial charge in [0.15, 0.2) is 5.78 Å². The zero-order valence-corrected chi connectivity index (χ0v) is 11.8. The predicted molar refractivity (Wildman–Crippen MR) is 81.2 cm³/mol. The molecule has 0 fully saturated rings. The zero-order chi connectivity index (χ0) is 15.1. The van der Waals surface area contributed by atoms with Crippen LogP contribution in [0.5, 0.6) is 0 Å². The minimum absolute atomic E-state index is 0.182. The molecule has 2 aromatic carbocycles. The molecule has 0 saturated carbocycles. The summed E-state index contributed by atoms with van der Waals surface area (Å²) in [5.74, 6) is -0.681. The quantitative estimate of drug-likeness (QED) is 0.828. The second-order valence-corrected chi connectivity index (χ2v) is 4.66. The number of rotatable bonds is 6. The molecule has 0 radical (unpaired) electrons. The molecule has 0 aliphatic rings. The van der Waals surface area contributed by atoms with E-state index in [1.165, 1.54) is 6.92 Å². The van der Waals surface area contributed by atoms with Crippen LogP contribution in [0.15, 0.2) is 54.6 Å². The van der Waals surface area contributed by atoms with Crippen molar-refractivity contribution in [1.29, 1.82) is 0 Å². The number of ether oxygens (including phenoxy) is 1. The third kappa shape index (κ3) is 4.45. The molecule has 1 N–H and O–H groups in total. The SMILES string of the molecule is CC(=O)COC(=O)c1ccccc1NCc1ccccc1. The average molecular weight is 283 g/mol. The number of hydrogen-bond donors (Lipinski definition) is 1. The van der Waals surface area contributed by atoms with E-state index in [1.807, 2.05) is 42.5 Å². The van der Waals surface area contributed by atoms with Crippen LogP contribution in [0.2, 0.25) is 0 Å². The molecule has 0 heterocycles. The number of Topliss-reactive ketones (excluding diaryl/α,β-unsaturated/α-hetero) is 1. The number of carbonyl (C=O) groups excluding carboxylic acids is 2. The van der Waals surface area contributed by atoms with E-state index in [4.69, 9.17) is 4.74 Å². The summed E-state index contributed by atoms with van der Waals surface area (Å²) in [5, 5.41) is 3.21. The van der Waals surface area contributed by atoms with Crippen LogP contribution in [0.1, 0.15) is 22.8 Å². The molecular weight excluding hydrogens is 266 g/mol. The van der Waals surface area contributed by atoms with E-state index < -0.39 is 5.97 Å². The lowest BCUT2D eigenvalue weighted by Gasteiger charge is -2.11. The zero-order valence-electron chi connectivity index (χ0n) is 11.8. The average Bonchev–Trinajstić information content (AvgIpc) is 2.52. The van der Waals surface area contributed by atoms with Gasteiger partial charge in [-0.15, -0.1) is 0 Å². The van der Waals surface area contributed by atoms with Crippen LogP contribution < -0.4 is 5.32 Å². The van der Waals surface area contributed by atoms with Gasteiger partial charge in [0.25, 0.3) is 0 Å². The van der Waals surface area contributed by atoms with Crippen LogP contribution in [-0.4, -0.2) is 18.4 Å². The maximum absolute atomic E-state index is 12.0. The number of anilines is 1. The lowest BCUT2D eigenvalue weighted by molar-refractivity contribution is -0.120. The molecule has 0 spiro atoms. The molecule has 0 aliphatic carbocycles. The number of esters is 1. The lowest BCUT2D eigenvalue weighted by atomic mass is 10.1. The van der Waals surface area contributed by atoms with Crippen molar-refractivity contribution in [2.24, 2.45) is 0 Å². The Balaban J connectivity index is 2.06. The molecule has 108 valence electrons. The van der Waals surface area contributed by atoms with Crippen molar-refractivity contribution in [3.05, 3.63) is 65.7 Å². The van der Waals surface area contributed by atoms with Gasteiger partial charge in [-0.05, 0) is 24.6 Å². The monoisotopic (exact) mass is 283 g/mol. The van der Waals surface area contributed by atoms with Crippen molar-refractivity contribution >= 4 is 17.4 Å². The molecule has 4 nitrogen and oxygen atoms in total. The fraction of sp³-hybridized carbons (Fsp3) is 0.176. The molecular formula is C17H17NO3. The number of carbonyl (C=O) groups is 2. The topological polar surface area (TPSA) is 55.4 Å². The maximum atomic E-state index is 12.0. The molecule has 2 aromatic rings. The van der Waals surface area contributed by atoms with Gasteiger partial charge in [0, 0.05) is 12.2 Å². The van der Waals surface area contributed by atoms with E-state index >= 15 is 0 Å². The fourth-order valence-corrected chi connectivity index (χ4v) is 1.85. The van der Waals surface area contributed by atoms with Crippen LogP contribution >= 0.6 is 0 Å². The van der Waals surface area contributed by atoms with Crippen molar-refractivity contribution < 1.29 is 14.3 Å². The number of benzene rings is 2. The summed E-state index contributed by atoms with van der Waals surface area (Å²) in [5.41, 5.74) is 2.23. The van der Waals surface area contributed by atoms with Gasteiger partial charge >= 0.3 is 5.97 Å². The van der Waals surface area contributed by atoms with Crippen molar-refractivity contribution in [3.8, 4) is 0 Å². The van der Waals surface area contributed by atoms with Gasteiger partial charge in [-0.25, -0.2) is 4.79 Å². The first kappa shape index (κ1) is 14.8. The van der Waals surface area contributed by atoms with Crippen LogP contribution in [0.3, 0.4) is 0 Å². The van der Waals surface area contributed by atoms with Crippen LogP contribution in [0, 0.1) is 0 Å². The Morgan fingerprint density at radius 1 is 1.00 bits per heavy atom. The van der Waals surface area contributed by atoms with Gasteiger partial charge < -0.3 is 10.1 Å². The minimum atomic E-state index is -0.499. The lowest BCUT2D eigenvalue weighted by Crippen LogP contribution is -2.13. The molecule has 2 rings (SSSR count). The smallest absolute Gasteiger partial charge is 0.340 e. The van der Waals surface area contributed by atoms with Gasteiger partial charge in [-0.3, -0.25) is 4.79 Å². The predicted octanol–water partition coefficient (Wildman–Crippen LogP) is 3.04. The summed E-state index contributed by atoms with van der Waals surface area (Å²) in [6, 6.07) is 17.0. The first-order valence-electron chi connectivity index (χ1n) is 6.70. The number of hydrogen-bond acceptors (Lipinski definition) is 4. The molecule has 0 bridgehead atoms. The normalized spacial score (nSPS) is 9.95. The molecule has 0 aliphatic heterocycles. The van der Waals surface area contributed by atoms with E-state index in [0.29, 0.717) is 17.8 Å². The van der Waals surface area contributed by atoms with Crippen molar-refractivity contribution in [1.82, 2.24) is 0 Å². The van der Waals surface area contributed by atoms with Gasteiger partial charge in [0.1, 0.15) is 6.61 Å². The molecule has 0 aromatic heterocycles. The maximum Gasteiger partial charge on any atom is 0.340 e. The fourth-order valence-electron chi connectivity index (χ4n) is 1.85. The standard InChI is InChI=1S/C17H17NO3/c1-13(19)12-21-17(20)15-9-5-6-10-16(15)18-11-14-7-3-2-4-8-14/h2-10,18H,11-12H2,1H3. The second kappa shape index (κ2) is 7.24. The third-order valence-corrected chi connectivity index (χ3v) is 2.88. The van der Waals surface area contributed by atoms with Crippen molar-refractivity contribution in [2.45, 2.75) is 13.5 Å².